The van der Waals surface area contributed by atoms with E-state index >= 15 is 0 Å². The molecule has 1 atom stereocenters. The number of rotatable bonds is 7. The molecule has 1 aromatic carbocycles. The maximum atomic E-state index is 12.4. The van der Waals surface area contributed by atoms with Gasteiger partial charge in [-0.2, -0.15) is 0 Å². The van der Waals surface area contributed by atoms with Crippen molar-refractivity contribution >= 4 is 35.0 Å². The number of aromatic nitrogens is 3. The highest BCUT2D eigenvalue weighted by Gasteiger charge is 2.19. The van der Waals surface area contributed by atoms with Crippen LogP contribution in [-0.4, -0.2) is 33.0 Å². The van der Waals surface area contributed by atoms with Crippen LogP contribution in [0, 0.1) is 6.92 Å². The maximum absolute atomic E-state index is 12.4. The molecule has 0 aliphatic carbocycles. The molecule has 1 amide bonds. The van der Waals surface area contributed by atoms with Gasteiger partial charge in [-0.25, -0.2) is 0 Å². The number of carbonyl (C=O) groups is 1. The largest absolute Gasteiger partial charge is 0.495 e. The van der Waals surface area contributed by atoms with Crippen molar-refractivity contribution in [2.45, 2.75) is 30.8 Å². The molecule has 24 heavy (non-hydrogen) atoms. The molecule has 0 aliphatic rings. The number of ether oxygens (including phenoxy) is 1. The Morgan fingerprint density at radius 3 is 2.92 bits per heavy atom. The number of aryl methyl sites for hydroxylation is 1. The zero-order valence-corrected chi connectivity index (χ0v) is 15.3. The Kier molecular flexibility index (Phi) is 6.28. The number of hydrogen-bond acceptors (Lipinski definition) is 5. The van der Waals surface area contributed by atoms with Crippen LogP contribution >= 0.6 is 23.4 Å². The topological polar surface area (TPSA) is 69.0 Å². The zero-order chi connectivity index (χ0) is 17.7. The first kappa shape index (κ1) is 18.4. The van der Waals surface area contributed by atoms with Crippen LogP contribution < -0.4 is 10.1 Å². The van der Waals surface area contributed by atoms with E-state index in [4.69, 9.17) is 16.3 Å². The maximum Gasteiger partial charge on any atom is 0.237 e. The number of carbonyl (C=O) groups excluding carboxylic acids is 1. The van der Waals surface area contributed by atoms with E-state index in [9.17, 15) is 4.79 Å². The van der Waals surface area contributed by atoms with Gasteiger partial charge in [-0.1, -0.05) is 29.4 Å². The predicted molar refractivity (Wildman–Crippen MR) is 96.9 cm³/mol. The first-order valence-corrected chi connectivity index (χ1v) is 8.53. The van der Waals surface area contributed by atoms with Gasteiger partial charge in [0.2, 0.25) is 5.91 Å². The van der Waals surface area contributed by atoms with Crippen LogP contribution in [0.4, 0.5) is 5.69 Å². The van der Waals surface area contributed by atoms with Crippen LogP contribution in [0.15, 0.2) is 36.0 Å². The SMILES string of the molecule is C=CCn1c(C)nnc1S[C@@H](C)C(=O)Nc1ccc(OC)c(Cl)c1. The minimum Gasteiger partial charge on any atom is -0.495 e. The number of nitrogens with zero attached hydrogens (tertiary/aromatic N) is 3. The number of amides is 1. The summed E-state index contributed by atoms with van der Waals surface area (Å²) in [5.74, 6) is 1.20. The van der Waals surface area contributed by atoms with Gasteiger partial charge in [0.25, 0.3) is 0 Å². The second kappa shape index (κ2) is 8.21. The highest BCUT2D eigenvalue weighted by Crippen LogP contribution is 2.28. The van der Waals surface area contributed by atoms with Crippen molar-refractivity contribution in [1.29, 1.82) is 0 Å². The van der Waals surface area contributed by atoms with Crippen molar-refractivity contribution in [3.05, 3.63) is 41.7 Å². The number of allylic oxidation sites excluding steroid dienone is 1. The van der Waals surface area contributed by atoms with E-state index < -0.39 is 0 Å². The summed E-state index contributed by atoms with van der Waals surface area (Å²) in [6.45, 7) is 8.00. The van der Waals surface area contributed by atoms with Gasteiger partial charge in [-0.3, -0.25) is 4.79 Å². The molecular formula is C16H19ClN4O2S. The van der Waals surface area contributed by atoms with Gasteiger partial charge >= 0.3 is 0 Å². The summed E-state index contributed by atoms with van der Waals surface area (Å²) >= 11 is 7.41. The van der Waals surface area contributed by atoms with Gasteiger partial charge in [0.15, 0.2) is 5.16 Å². The molecule has 128 valence electrons. The number of halogens is 1. The third-order valence-corrected chi connectivity index (χ3v) is 4.66. The van der Waals surface area contributed by atoms with Gasteiger partial charge in [-0.15, -0.1) is 16.8 Å². The van der Waals surface area contributed by atoms with E-state index in [0.29, 0.717) is 28.2 Å². The number of nitrogens with one attached hydrogen (secondary N) is 1. The standard InChI is InChI=1S/C16H19ClN4O2S/c1-5-8-21-11(3)19-20-16(21)24-10(2)15(22)18-12-6-7-14(23-4)13(17)9-12/h5-7,9-10H,1,8H2,2-4H3,(H,18,22)/t10-/m0/s1. The van der Waals surface area contributed by atoms with Crippen molar-refractivity contribution in [2.75, 3.05) is 12.4 Å². The highest BCUT2D eigenvalue weighted by atomic mass is 35.5. The smallest absolute Gasteiger partial charge is 0.237 e. The fraction of sp³-hybridized carbons (Fsp3) is 0.312. The molecule has 2 rings (SSSR count). The fourth-order valence-corrected chi connectivity index (χ4v) is 3.15. The normalized spacial score (nSPS) is 11.8. The first-order chi connectivity index (χ1) is 11.5. The Labute approximate surface area is 150 Å². The lowest BCUT2D eigenvalue weighted by atomic mass is 10.3. The molecule has 0 saturated heterocycles. The minimum absolute atomic E-state index is 0.146. The number of thioether (sulfide) groups is 1. The van der Waals surface area contributed by atoms with E-state index in [1.807, 2.05) is 18.4 Å². The molecular weight excluding hydrogens is 348 g/mol. The molecule has 6 nitrogen and oxygen atoms in total. The van der Waals surface area contributed by atoms with Crippen LogP contribution in [-0.2, 0) is 11.3 Å². The Balaban J connectivity index is 2.05. The van der Waals surface area contributed by atoms with Gasteiger partial charge < -0.3 is 14.6 Å². The molecule has 0 saturated carbocycles. The summed E-state index contributed by atoms with van der Waals surface area (Å²) < 4.78 is 7.00. The van der Waals surface area contributed by atoms with Gasteiger partial charge in [-0.05, 0) is 32.0 Å². The van der Waals surface area contributed by atoms with E-state index in [-0.39, 0.29) is 11.2 Å². The summed E-state index contributed by atoms with van der Waals surface area (Å²) in [6.07, 6.45) is 1.77. The summed E-state index contributed by atoms with van der Waals surface area (Å²) in [4.78, 5) is 12.4. The molecule has 0 aliphatic heterocycles. The lowest BCUT2D eigenvalue weighted by molar-refractivity contribution is -0.115. The summed E-state index contributed by atoms with van der Waals surface area (Å²) in [5, 5.41) is 11.8. The third-order valence-electron chi connectivity index (χ3n) is 3.28. The number of methoxy groups -OCH3 is 1. The molecule has 8 heteroatoms. The third kappa shape index (κ3) is 4.30. The molecule has 0 fully saturated rings. The molecule has 0 bridgehead atoms. The second-order valence-corrected chi connectivity index (χ2v) is 6.74. The van der Waals surface area contributed by atoms with E-state index in [2.05, 4.69) is 22.1 Å². The predicted octanol–water partition coefficient (Wildman–Crippen LogP) is 3.55. The lowest BCUT2D eigenvalue weighted by Gasteiger charge is -2.13. The van der Waals surface area contributed by atoms with Crippen molar-refractivity contribution in [2.24, 2.45) is 0 Å². The molecule has 1 aromatic heterocycles. The Morgan fingerprint density at radius 1 is 1.54 bits per heavy atom. The second-order valence-electron chi connectivity index (χ2n) is 5.03. The van der Waals surface area contributed by atoms with Crippen LogP contribution in [0.1, 0.15) is 12.7 Å². The minimum atomic E-state index is -0.349. The molecule has 1 N–H and O–H groups in total. The van der Waals surface area contributed by atoms with Crippen molar-refractivity contribution < 1.29 is 9.53 Å². The molecule has 1 heterocycles. The summed E-state index contributed by atoms with van der Waals surface area (Å²) in [6, 6.07) is 5.10. The van der Waals surface area contributed by atoms with Crippen molar-refractivity contribution in [3.8, 4) is 5.75 Å². The van der Waals surface area contributed by atoms with E-state index in [1.165, 1.54) is 11.8 Å². The molecule has 0 radical (unpaired) electrons. The van der Waals surface area contributed by atoms with Gasteiger partial charge in [0.1, 0.15) is 11.6 Å². The Bertz CT molecular complexity index is 748. The number of benzene rings is 1. The van der Waals surface area contributed by atoms with Crippen LogP contribution in [0.2, 0.25) is 5.02 Å². The van der Waals surface area contributed by atoms with E-state index in [1.54, 1.807) is 31.4 Å². The zero-order valence-electron chi connectivity index (χ0n) is 13.7. The first-order valence-electron chi connectivity index (χ1n) is 7.28. The van der Waals surface area contributed by atoms with Gasteiger partial charge in [0.05, 0.1) is 17.4 Å². The summed E-state index contributed by atoms with van der Waals surface area (Å²) in [7, 11) is 1.54. The van der Waals surface area contributed by atoms with Crippen LogP contribution in [0.3, 0.4) is 0 Å². The average Bonchev–Trinajstić information content (AvgIpc) is 2.88. The molecule has 0 spiro atoms. The molecule has 0 unspecified atom stereocenters. The van der Waals surface area contributed by atoms with Crippen LogP contribution in [0.5, 0.6) is 5.75 Å². The number of hydrogen-bond donors (Lipinski definition) is 1. The Morgan fingerprint density at radius 2 is 2.29 bits per heavy atom. The molecule has 2 aromatic rings. The van der Waals surface area contributed by atoms with Crippen molar-refractivity contribution in [3.63, 3.8) is 0 Å². The van der Waals surface area contributed by atoms with E-state index in [0.717, 1.165) is 5.82 Å². The van der Waals surface area contributed by atoms with Crippen molar-refractivity contribution in [1.82, 2.24) is 14.8 Å². The lowest BCUT2D eigenvalue weighted by Crippen LogP contribution is -2.23. The fourth-order valence-electron chi connectivity index (χ4n) is 1.99. The highest BCUT2D eigenvalue weighted by molar-refractivity contribution is 8.00. The summed E-state index contributed by atoms with van der Waals surface area (Å²) in [5.41, 5.74) is 0.613. The Hall–Kier alpha value is -1.99. The average molecular weight is 367 g/mol. The van der Waals surface area contributed by atoms with Gasteiger partial charge in [0, 0.05) is 12.2 Å². The quantitative estimate of drug-likeness (QED) is 0.599. The number of anilines is 1. The van der Waals surface area contributed by atoms with Crippen LogP contribution in [0.25, 0.3) is 0 Å². The monoisotopic (exact) mass is 366 g/mol.